The van der Waals surface area contributed by atoms with Gasteiger partial charge < -0.3 is 10.2 Å². The lowest BCUT2D eigenvalue weighted by Gasteiger charge is -2.11. The predicted octanol–water partition coefficient (Wildman–Crippen LogP) is 4.70. The number of rotatable bonds is 6. The van der Waals surface area contributed by atoms with Crippen LogP contribution in [0.25, 0.3) is 0 Å². The fourth-order valence-electron chi connectivity index (χ4n) is 2.45. The number of nitrogens with zero attached hydrogens (tertiary/aromatic N) is 2. The number of aromatic nitrogens is 1. The van der Waals surface area contributed by atoms with Crippen molar-refractivity contribution in [2.45, 2.75) is 17.0 Å². The van der Waals surface area contributed by atoms with Crippen molar-refractivity contribution in [3.05, 3.63) is 76.3 Å². The second-order valence-electron chi connectivity index (χ2n) is 6.47. The molecule has 5 nitrogen and oxygen atoms in total. The van der Waals surface area contributed by atoms with Gasteiger partial charge in [-0.3, -0.25) is 9.59 Å². The van der Waals surface area contributed by atoms with E-state index in [-0.39, 0.29) is 11.8 Å². The van der Waals surface area contributed by atoms with Crippen molar-refractivity contribution in [3.8, 4) is 0 Å². The topological polar surface area (TPSA) is 62.3 Å². The van der Waals surface area contributed by atoms with E-state index in [0.29, 0.717) is 16.8 Å². The summed E-state index contributed by atoms with van der Waals surface area (Å²) in [5.41, 5.74) is 4.01. The first-order valence-corrected chi connectivity index (χ1v) is 10.6. The molecule has 3 aromatic rings. The van der Waals surface area contributed by atoms with Gasteiger partial charge in [-0.2, -0.15) is 0 Å². The number of thiazole rings is 1. The lowest BCUT2D eigenvalue weighted by atomic mass is 10.1. The lowest BCUT2D eigenvalue weighted by Crippen LogP contribution is -2.21. The third-order valence-corrected chi connectivity index (χ3v) is 6.18. The number of benzene rings is 2. The van der Waals surface area contributed by atoms with E-state index in [1.165, 1.54) is 4.90 Å². The highest BCUT2D eigenvalue weighted by Gasteiger charge is 2.10. The largest absolute Gasteiger partial charge is 0.345 e. The standard InChI is InChI=1S/C21H21N3O2S2/c1-14-12-27-21(22-14)28-13-15-4-6-16(7-5-15)19(25)23-18-10-8-17(9-11-18)20(26)24(2)3/h4-12H,13H2,1-3H3,(H,23,25). The molecule has 0 saturated carbocycles. The molecule has 0 spiro atoms. The summed E-state index contributed by atoms with van der Waals surface area (Å²) in [5, 5.41) is 4.90. The summed E-state index contributed by atoms with van der Waals surface area (Å²) >= 11 is 3.34. The van der Waals surface area contributed by atoms with Crippen LogP contribution in [-0.2, 0) is 5.75 Å². The van der Waals surface area contributed by atoms with Crippen molar-refractivity contribution in [1.29, 1.82) is 0 Å². The Morgan fingerprint density at radius 3 is 2.25 bits per heavy atom. The molecule has 0 atom stereocenters. The van der Waals surface area contributed by atoms with E-state index in [2.05, 4.69) is 10.3 Å². The number of aryl methyl sites for hydroxylation is 1. The van der Waals surface area contributed by atoms with Crippen LogP contribution in [0, 0.1) is 6.92 Å². The van der Waals surface area contributed by atoms with E-state index in [1.807, 2.05) is 36.6 Å². The summed E-state index contributed by atoms with van der Waals surface area (Å²) in [6.45, 7) is 1.99. The molecule has 1 heterocycles. The van der Waals surface area contributed by atoms with Gasteiger partial charge in [-0.1, -0.05) is 23.9 Å². The smallest absolute Gasteiger partial charge is 0.255 e. The normalized spacial score (nSPS) is 10.5. The van der Waals surface area contributed by atoms with Crippen LogP contribution in [0.3, 0.4) is 0 Å². The summed E-state index contributed by atoms with van der Waals surface area (Å²) in [4.78, 5) is 30.3. The SMILES string of the molecule is Cc1csc(SCc2ccc(C(=O)Nc3ccc(C(=O)N(C)C)cc3)cc2)n1. The van der Waals surface area contributed by atoms with Crippen molar-refractivity contribution in [2.24, 2.45) is 0 Å². The molecule has 0 unspecified atom stereocenters. The van der Waals surface area contributed by atoms with Crippen LogP contribution in [0.5, 0.6) is 0 Å². The number of carbonyl (C=O) groups is 2. The monoisotopic (exact) mass is 411 g/mol. The maximum atomic E-state index is 12.4. The average molecular weight is 412 g/mol. The Bertz CT molecular complexity index is 964. The van der Waals surface area contributed by atoms with Gasteiger partial charge in [0.15, 0.2) is 0 Å². The van der Waals surface area contributed by atoms with E-state index in [4.69, 9.17) is 0 Å². The van der Waals surface area contributed by atoms with Gasteiger partial charge in [0, 0.05) is 47.7 Å². The predicted molar refractivity (Wildman–Crippen MR) is 115 cm³/mol. The van der Waals surface area contributed by atoms with Crippen LogP contribution in [-0.4, -0.2) is 35.8 Å². The molecule has 0 aliphatic heterocycles. The summed E-state index contributed by atoms with van der Waals surface area (Å²) in [6, 6.07) is 14.4. The molecule has 0 aliphatic carbocycles. The molecule has 7 heteroatoms. The fourth-order valence-corrected chi connectivity index (χ4v) is 4.26. The molecular formula is C21H21N3O2S2. The molecule has 3 rings (SSSR count). The van der Waals surface area contributed by atoms with Gasteiger partial charge in [0.25, 0.3) is 11.8 Å². The zero-order valence-electron chi connectivity index (χ0n) is 15.9. The van der Waals surface area contributed by atoms with E-state index in [9.17, 15) is 9.59 Å². The molecule has 28 heavy (non-hydrogen) atoms. The Morgan fingerprint density at radius 2 is 1.68 bits per heavy atom. The second-order valence-corrected chi connectivity index (χ2v) is 8.55. The Balaban J connectivity index is 1.57. The van der Waals surface area contributed by atoms with Gasteiger partial charge in [-0.05, 0) is 48.9 Å². The Hall–Kier alpha value is -2.64. The number of hydrogen-bond donors (Lipinski definition) is 1. The minimum Gasteiger partial charge on any atom is -0.345 e. The summed E-state index contributed by atoms with van der Waals surface area (Å²) in [5.74, 6) is 0.566. The molecule has 0 radical (unpaired) electrons. The summed E-state index contributed by atoms with van der Waals surface area (Å²) in [7, 11) is 3.41. The highest BCUT2D eigenvalue weighted by Crippen LogP contribution is 2.26. The zero-order valence-corrected chi connectivity index (χ0v) is 17.6. The van der Waals surface area contributed by atoms with Crippen LogP contribution in [0.1, 0.15) is 32.0 Å². The summed E-state index contributed by atoms with van der Waals surface area (Å²) < 4.78 is 1.05. The van der Waals surface area contributed by atoms with Gasteiger partial charge in [-0.15, -0.1) is 11.3 Å². The maximum Gasteiger partial charge on any atom is 0.255 e. The van der Waals surface area contributed by atoms with Gasteiger partial charge in [0.05, 0.1) is 0 Å². The van der Waals surface area contributed by atoms with Crippen molar-refractivity contribution in [2.75, 3.05) is 19.4 Å². The first-order chi connectivity index (χ1) is 13.4. The molecular weight excluding hydrogens is 390 g/mol. The number of amides is 2. The zero-order chi connectivity index (χ0) is 20.1. The Kier molecular flexibility index (Phi) is 6.49. The van der Waals surface area contributed by atoms with Gasteiger partial charge >= 0.3 is 0 Å². The number of thioether (sulfide) groups is 1. The molecule has 1 aromatic heterocycles. The minimum absolute atomic E-state index is 0.0701. The molecule has 144 valence electrons. The third kappa shape index (κ3) is 5.21. The fraction of sp³-hybridized carbons (Fsp3) is 0.190. The molecule has 0 bridgehead atoms. The summed E-state index contributed by atoms with van der Waals surface area (Å²) in [6.07, 6.45) is 0. The third-order valence-electron chi connectivity index (χ3n) is 3.97. The van der Waals surface area contributed by atoms with Crippen LogP contribution >= 0.6 is 23.1 Å². The van der Waals surface area contributed by atoms with Crippen LogP contribution in [0.15, 0.2) is 58.3 Å². The van der Waals surface area contributed by atoms with Gasteiger partial charge in [0.1, 0.15) is 4.34 Å². The van der Waals surface area contributed by atoms with E-state index < -0.39 is 0 Å². The van der Waals surface area contributed by atoms with Crippen LogP contribution in [0.2, 0.25) is 0 Å². The lowest BCUT2D eigenvalue weighted by molar-refractivity contribution is 0.0827. The van der Waals surface area contributed by atoms with Crippen molar-refractivity contribution in [1.82, 2.24) is 9.88 Å². The van der Waals surface area contributed by atoms with Gasteiger partial charge in [-0.25, -0.2) is 4.98 Å². The quantitative estimate of drug-likeness (QED) is 0.597. The van der Waals surface area contributed by atoms with Crippen molar-refractivity contribution in [3.63, 3.8) is 0 Å². The Morgan fingerprint density at radius 1 is 1.04 bits per heavy atom. The van der Waals surface area contributed by atoms with Gasteiger partial charge in [0.2, 0.25) is 0 Å². The van der Waals surface area contributed by atoms with Crippen molar-refractivity contribution >= 4 is 40.6 Å². The molecule has 0 saturated heterocycles. The maximum absolute atomic E-state index is 12.4. The molecule has 2 amide bonds. The highest BCUT2D eigenvalue weighted by molar-refractivity contribution is 8.00. The second kappa shape index (κ2) is 9.03. The molecule has 0 fully saturated rings. The molecule has 2 aromatic carbocycles. The molecule has 1 N–H and O–H groups in total. The van der Waals surface area contributed by atoms with Crippen LogP contribution < -0.4 is 5.32 Å². The molecule has 0 aliphatic rings. The number of anilines is 1. The Labute approximate surface area is 172 Å². The number of nitrogens with one attached hydrogen (secondary N) is 1. The van der Waals surface area contributed by atoms with E-state index >= 15 is 0 Å². The van der Waals surface area contributed by atoms with Crippen LogP contribution in [0.4, 0.5) is 5.69 Å². The number of hydrogen-bond acceptors (Lipinski definition) is 5. The van der Waals surface area contributed by atoms with E-state index in [1.54, 1.807) is 61.5 Å². The highest BCUT2D eigenvalue weighted by atomic mass is 32.2. The average Bonchev–Trinajstić information content (AvgIpc) is 3.12. The van der Waals surface area contributed by atoms with Crippen molar-refractivity contribution < 1.29 is 9.59 Å². The van der Waals surface area contributed by atoms with E-state index in [0.717, 1.165) is 21.3 Å². The number of carbonyl (C=O) groups excluding carboxylic acids is 2. The minimum atomic E-state index is -0.179. The first-order valence-electron chi connectivity index (χ1n) is 8.69. The first kappa shape index (κ1) is 20.1.